The maximum atomic E-state index is 5.93. The lowest BCUT2D eigenvalue weighted by Gasteiger charge is -2.21. The minimum Gasteiger partial charge on any atom is -0.497 e. The van der Waals surface area contributed by atoms with Crippen LogP contribution >= 0.6 is 11.3 Å². The van der Waals surface area contributed by atoms with E-state index in [1.54, 1.807) is 7.11 Å². The van der Waals surface area contributed by atoms with E-state index in [1.165, 1.54) is 10.4 Å². The van der Waals surface area contributed by atoms with Crippen molar-refractivity contribution < 1.29 is 9.15 Å². The fraction of sp³-hybridized carbons (Fsp3) is 0.267. The molecule has 102 valence electrons. The van der Waals surface area contributed by atoms with Gasteiger partial charge in [-0.3, -0.25) is 0 Å². The summed E-state index contributed by atoms with van der Waals surface area (Å²) in [5.41, 5.74) is 2.92. The van der Waals surface area contributed by atoms with Crippen LogP contribution in [0.25, 0.3) is 11.1 Å². The highest BCUT2D eigenvalue weighted by Gasteiger charge is 2.26. The molecule has 3 heterocycles. The molecule has 0 fully saturated rings. The number of hydrogen-bond donors (Lipinski definition) is 1. The van der Waals surface area contributed by atoms with Crippen LogP contribution in [0.1, 0.15) is 22.4 Å². The van der Waals surface area contributed by atoms with Crippen LogP contribution in [-0.2, 0) is 6.42 Å². The molecule has 20 heavy (non-hydrogen) atoms. The number of fused-ring (bicyclic) bond motifs is 2. The van der Waals surface area contributed by atoms with Crippen molar-refractivity contribution in [3.63, 3.8) is 0 Å². The molecule has 0 amide bonds. The molecule has 1 N–H and O–H groups in total. The van der Waals surface area contributed by atoms with Crippen LogP contribution in [0.5, 0.6) is 5.75 Å². The first kappa shape index (κ1) is 11.9. The summed E-state index contributed by atoms with van der Waals surface area (Å²) in [4.78, 5) is 6.03. The van der Waals surface area contributed by atoms with Crippen LogP contribution in [0.15, 0.2) is 34.1 Å². The minimum atomic E-state index is 0.0587. The van der Waals surface area contributed by atoms with Crippen molar-refractivity contribution in [1.29, 1.82) is 0 Å². The van der Waals surface area contributed by atoms with Crippen LogP contribution < -0.4 is 10.1 Å². The zero-order valence-electron chi connectivity index (χ0n) is 11.1. The zero-order valence-corrected chi connectivity index (χ0v) is 11.9. The molecule has 1 unspecified atom stereocenters. The highest BCUT2D eigenvalue weighted by atomic mass is 32.1. The Balaban J connectivity index is 1.80. The van der Waals surface area contributed by atoms with Crippen LogP contribution in [0.4, 0.5) is 0 Å². The number of nitrogens with zero attached hydrogens (tertiary/aromatic N) is 1. The Hall–Kier alpha value is -1.85. The number of ether oxygens (including phenoxy) is 1. The van der Waals surface area contributed by atoms with E-state index in [0.29, 0.717) is 0 Å². The predicted molar refractivity (Wildman–Crippen MR) is 78.4 cm³/mol. The van der Waals surface area contributed by atoms with E-state index in [4.69, 9.17) is 9.15 Å². The number of aromatic nitrogens is 1. The van der Waals surface area contributed by atoms with Gasteiger partial charge >= 0.3 is 0 Å². The van der Waals surface area contributed by atoms with Crippen molar-refractivity contribution in [3.05, 3.63) is 46.0 Å². The first-order valence-corrected chi connectivity index (χ1v) is 7.47. The lowest BCUT2D eigenvalue weighted by atomic mass is 10.0. The number of rotatable bonds is 2. The summed E-state index contributed by atoms with van der Waals surface area (Å²) in [5.74, 6) is 1.51. The molecule has 2 aromatic heterocycles. The summed E-state index contributed by atoms with van der Waals surface area (Å²) < 4.78 is 11.1. The summed E-state index contributed by atoms with van der Waals surface area (Å²) >= 11 is 1.81. The molecule has 0 radical (unpaired) electrons. The zero-order chi connectivity index (χ0) is 13.5. The number of hydrogen-bond acceptors (Lipinski definition) is 5. The van der Waals surface area contributed by atoms with Crippen molar-refractivity contribution in [2.24, 2.45) is 0 Å². The second-order valence-electron chi connectivity index (χ2n) is 4.82. The van der Waals surface area contributed by atoms with Crippen molar-refractivity contribution in [1.82, 2.24) is 10.3 Å². The smallest absolute Gasteiger partial charge is 0.217 e. The molecule has 0 bridgehead atoms. The highest BCUT2D eigenvalue weighted by Crippen LogP contribution is 2.33. The normalized spacial score (nSPS) is 18.1. The molecule has 4 rings (SSSR count). The molecule has 1 aliphatic rings. The van der Waals surface area contributed by atoms with Gasteiger partial charge in [0.1, 0.15) is 17.3 Å². The maximum Gasteiger partial charge on any atom is 0.217 e. The fourth-order valence-electron chi connectivity index (χ4n) is 2.64. The van der Waals surface area contributed by atoms with E-state index in [0.717, 1.165) is 35.7 Å². The SMILES string of the molecule is COc1ccc2nc(C3NCCc4sccc43)oc2c1. The second-order valence-corrected chi connectivity index (χ2v) is 5.82. The van der Waals surface area contributed by atoms with Gasteiger partial charge in [-0.2, -0.15) is 0 Å². The summed E-state index contributed by atoms with van der Waals surface area (Å²) in [6.45, 7) is 0.959. The van der Waals surface area contributed by atoms with Crippen LogP contribution in [0.3, 0.4) is 0 Å². The van der Waals surface area contributed by atoms with E-state index < -0.39 is 0 Å². The van der Waals surface area contributed by atoms with Gasteiger partial charge in [-0.1, -0.05) is 0 Å². The quantitative estimate of drug-likeness (QED) is 0.786. The Morgan fingerprint density at radius 3 is 3.25 bits per heavy atom. The van der Waals surface area contributed by atoms with Crippen molar-refractivity contribution >= 4 is 22.4 Å². The number of benzene rings is 1. The molecule has 1 aliphatic heterocycles. The van der Waals surface area contributed by atoms with E-state index in [9.17, 15) is 0 Å². The van der Waals surface area contributed by atoms with Gasteiger partial charge in [0.15, 0.2) is 5.58 Å². The molecule has 0 aliphatic carbocycles. The molecular formula is C15H14N2O2S. The van der Waals surface area contributed by atoms with Gasteiger partial charge in [0.25, 0.3) is 0 Å². The Kier molecular flexibility index (Phi) is 2.75. The van der Waals surface area contributed by atoms with Gasteiger partial charge in [-0.25, -0.2) is 4.98 Å². The first-order valence-electron chi connectivity index (χ1n) is 6.59. The summed E-state index contributed by atoms with van der Waals surface area (Å²) in [7, 11) is 1.65. The monoisotopic (exact) mass is 286 g/mol. The molecule has 0 spiro atoms. The lowest BCUT2D eigenvalue weighted by Crippen LogP contribution is -2.29. The van der Waals surface area contributed by atoms with Crippen LogP contribution in [-0.4, -0.2) is 18.6 Å². The lowest BCUT2D eigenvalue weighted by molar-refractivity contribution is 0.412. The third-order valence-electron chi connectivity index (χ3n) is 3.65. The average molecular weight is 286 g/mol. The average Bonchev–Trinajstić information content (AvgIpc) is 3.12. The Morgan fingerprint density at radius 1 is 1.40 bits per heavy atom. The topological polar surface area (TPSA) is 47.3 Å². The Bertz CT molecular complexity index is 762. The number of nitrogens with one attached hydrogen (secondary N) is 1. The summed E-state index contributed by atoms with van der Waals surface area (Å²) in [6, 6.07) is 7.93. The highest BCUT2D eigenvalue weighted by molar-refractivity contribution is 7.10. The summed E-state index contributed by atoms with van der Waals surface area (Å²) in [5, 5.41) is 5.62. The van der Waals surface area contributed by atoms with Crippen molar-refractivity contribution in [3.8, 4) is 5.75 Å². The predicted octanol–water partition coefficient (Wildman–Crippen LogP) is 3.13. The van der Waals surface area contributed by atoms with Gasteiger partial charge in [-0.15, -0.1) is 11.3 Å². The minimum absolute atomic E-state index is 0.0587. The van der Waals surface area contributed by atoms with Crippen molar-refractivity contribution in [2.45, 2.75) is 12.5 Å². The molecule has 3 aromatic rings. The van der Waals surface area contributed by atoms with Gasteiger partial charge in [0.05, 0.1) is 7.11 Å². The van der Waals surface area contributed by atoms with Gasteiger partial charge < -0.3 is 14.5 Å². The summed E-state index contributed by atoms with van der Waals surface area (Å²) in [6.07, 6.45) is 1.08. The van der Waals surface area contributed by atoms with E-state index in [1.807, 2.05) is 29.5 Å². The molecule has 1 aromatic carbocycles. The van der Waals surface area contributed by atoms with E-state index >= 15 is 0 Å². The largest absolute Gasteiger partial charge is 0.497 e. The number of oxazole rings is 1. The molecule has 5 heteroatoms. The Labute approximate surface area is 120 Å². The van der Waals surface area contributed by atoms with E-state index in [2.05, 4.69) is 21.7 Å². The van der Waals surface area contributed by atoms with Crippen molar-refractivity contribution in [2.75, 3.05) is 13.7 Å². The molecular weight excluding hydrogens is 272 g/mol. The molecule has 4 nitrogen and oxygen atoms in total. The van der Waals surface area contributed by atoms with Crippen LogP contribution in [0.2, 0.25) is 0 Å². The molecule has 0 saturated heterocycles. The maximum absolute atomic E-state index is 5.93. The Morgan fingerprint density at radius 2 is 2.35 bits per heavy atom. The van der Waals surface area contributed by atoms with Gasteiger partial charge in [-0.05, 0) is 35.6 Å². The molecule has 1 atom stereocenters. The fourth-order valence-corrected chi connectivity index (χ4v) is 3.57. The standard InChI is InChI=1S/C15H14N2O2S/c1-18-9-2-3-11-12(8-9)19-15(17-11)14-10-5-7-20-13(10)4-6-16-14/h2-3,5,7-8,14,16H,4,6H2,1H3. The second kappa shape index (κ2) is 4.61. The third kappa shape index (κ3) is 1.82. The van der Waals surface area contributed by atoms with Gasteiger partial charge in [0.2, 0.25) is 5.89 Å². The number of thiophene rings is 1. The number of methoxy groups -OCH3 is 1. The third-order valence-corrected chi connectivity index (χ3v) is 4.65. The van der Waals surface area contributed by atoms with E-state index in [-0.39, 0.29) is 6.04 Å². The first-order chi connectivity index (χ1) is 9.85. The molecule has 0 saturated carbocycles. The van der Waals surface area contributed by atoms with Gasteiger partial charge in [0, 0.05) is 17.5 Å². The van der Waals surface area contributed by atoms with Crippen LogP contribution in [0, 0.1) is 0 Å².